The lowest BCUT2D eigenvalue weighted by molar-refractivity contribution is -0.141. The number of anilines is 1. The predicted octanol–water partition coefficient (Wildman–Crippen LogP) is 2.60. The van der Waals surface area contributed by atoms with E-state index in [1.54, 1.807) is 30.3 Å². The van der Waals surface area contributed by atoms with Gasteiger partial charge in [-0.05, 0) is 5.56 Å². The second-order valence-corrected chi connectivity index (χ2v) is 5.30. The molecule has 0 saturated carbocycles. The smallest absolute Gasteiger partial charge is 0.320 e. The molecule has 19 heavy (non-hydrogen) atoms. The fourth-order valence-corrected chi connectivity index (χ4v) is 2.36. The third-order valence-corrected chi connectivity index (χ3v) is 3.38. The van der Waals surface area contributed by atoms with E-state index in [4.69, 9.17) is 11.6 Å². The highest BCUT2D eigenvalue weighted by atomic mass is 35.5. The van der Waals surface area contributed by atoms with Crippen LogP contribution >= 0.6 is 22.9 Å². The first kappa shape index (κ1) is 13.5. The molecule has 0 radical (unpaired) electrons. The van der Waals surface area contributed by atoms with Crippen LogP contribution in [0.15, 0.2) is 36.5 Å². The maximum Gasteiger partial charge on any atom is 0.320 e. The van der Waals surface area contributed by atoms with E-state index < -0.39 is 17.8 Å². The van der Waals surface area contributed by atoms with Crippen LogP contribution < -0.4 is 5.32 Å². The molecule has 0 bridgehead atoms. The molecule has 1 amide bonds. The number of hydrogen-bond acceptors (Lipinski definition) is 4. The average Bonchev–Trinajstić information content (AvgIpc) is 2.75. The predicted molar refractivity (Wildman–Crippen MR) is 72.6 cm³/mol. The SMILES string of the molecule is O=C(O)C(C(=O)Nc1ncc(Cl)s1)c1ccccc1. The second-order valence-electron chi connectivity index (χ2n) is 3.64. The molecule has 0 aliphatic rings. The van der Waals surface area contributed by atoms with Gasteiger partial charge in [0.1, 0.15) is 4.34 Å². The number of nitrogens with one attached hydrogen (secondary N) is 1. The van der Waals surface area contributed by atoms with Gasteiger partial charge in [0.25, 0.3) is 0 Å². The molecule has 0 fully saturated rings. The number of amides is 1. The van der Waals surface area contributed by atoms with Crippen LogP contribution in [0.5, 0.6) is 0 Å². The highest BCUT2D eigenvalue weighted by Gasteiger charge is 2.28. The molecular formula is C12H9ClN2O3S. The van der Waals surface area contributed by atoms with Crippen LogP contribution in [-0.2, 0) is 9.59 Å². The number of nitrogens with zero attached hydrogens (tertiary/aromatic N) is 1. The summed E-state index contributed by atoms with van der Waals surface area (Å²) < 4.78 is 0.418. The van der Waals surface area contributed by atoms with Crippen molar-refractivity contribution in [2.24, 2.45) is 0 Å². The Morgan fingerprint density at radius 3 is 2.53 bits per heavy atom. The van der Waals surface area contributed by atoms with Crippen LogP contribution in [0.3, 0.4) is 0 Å². The quantitative estimate of drug-likeness (QED) is 0.850. The van der Waals surface area contributed by atoms with E-state index in [0.29, 0.717) is 9.90 Å². The van der Waals surface area contributed by atoms with Crippen molar-refractivity contribution < 1.29 is 14.7 Å². The van der Waals surface area contributed by atoms with Gasteiger partial charge in [-0.2, -0.15) is 0 Å². The molecular weight excluding hydrogens is 288 g/mol. The van der Waals surface area contributed by atoms with Crippen molar-refractivity contribution in [2.75, 3.05) is 5.32 Å². The van der Waals surface area contributed by atoms with Crippen molar-refractivity contribution >= 4 is 39.9 Å². The van der Waals surface area contributed by atoms with E-state index in [1.807, 2.05) is 0 Å². The Balaban J connectivity index is 2.20. The molecule has 2 N–H and O–H groups in total. The molecule has 1 atom stereocenters. The van der Waals surface area contributed by atoms with E-state index in [-0.39, 0.29) is 5.13 Å². The summed E-state index contributed by atoms with van der Waals surface area (Å²) in [5, 5.41) is 11.9. The largest absolute Gasteiger partial charge is 0.480 e. The number of carboxylic acids is 1. The van der Waals surface area contributed by atoms with Gasteiger partial charge in [0.15, 0.2) is 11.0 Å². The number of thiazole rings is 1. The molecule has 0 spiro atoms. The lowest BCUT2D eigenvalue weighted by Gasteiger charge is -2.11. The van der Waals surface area contributed by atoms with Crippen molar-refractivity contribution in [2.45, 2.75) is 5.92 Å². The Morgan fingerprint density at radius 1 is 1.32 bits per heavy atom. The summed E-state index contributed by atoms with van der Waals surface area (Å²) in [6.45, 7) is 0. The molecule has 1 aromatic carbocycles. The molecule has 0 aliphatic carbocycles. The average molecular weight is 297 g/mol. The molecule has 0 saturated heterocycles. The number of halogens is 1. The minimum Gasteiger partial charge on any atom is -0.480 e. The lowest BCUT2D eigenvalue weighted by Crippen LogP contribution is -2.27. The van der Waals surface area contributed by atoms with Gasteiger partial charge in [0, 0.05) is 0 Å². The summed E-state index contributed by atoms with van der Waals surface area (Å²) in [6.07, 6.45) is 1.39. The van der Waals surface area contributed by atoms with E-state index in [1.165, 1.54) is 6.20 Å². The van der Waals surface area contributed by atoms with Gasteiger partial charge in [0.05, 0.1) is 6.20 Å². The Hall–Kier alpha value is -1.92. The monoisotopic (exact) mass is 296 g/mol. The number of aliphatic carboxylic acids is 1. The Bertz CT molecular complexity index is 600. The Morgan fingerprint density at radius 2 is 2.00 bits per heavy atom. The van der Waals surface area contributed by atoms with Crippen LogP contribution in [0.4, 0.5) is 5.13 Å². The molecule has 1 unspecified atom stereocenters. The zero-order valence-corrected chi connectivity index (χ0v) is 11.1. The maximum atomic E-state index is 12.0. The lowest BCUT2D eigenvalue weighted by atomic mass is 9.99. The minimum atomic E-state index is -1.27. The van der Waals surface area contributed by atoms with Crippen LogP contribution in [-0.4, -0.2) is 22.0 Å². The van der Waals surface area contributed by atoms with Gasteiger partial charge < -0.3 is 10.4 Å². The fraction of sp³-hybridized carbons (Fsp3) is 0.0833. The van der Waals surface area contributed by atoms with Gasteiger partial charge in [-0.1, -0.05) is 53.3 Å². The summed E-state index contributed by atoms with van der Waals surface area (Å²) in [5.74, 6) is -3.14. The molecule has 2 aromatic rings. The third-order valence-electron chi connectivity index (χ3n) is 2.35. The van der Waals surface area contributed by atoms with Crippen molar-refractivity contribution in [1.82, 2.24) is 4.98 Å². The molecule has 7 heteroatoms. The number of hydrogen-bond donors (Lipinski definition) is 2. The fourth-order valence-electron chi connectivity index (χ4n) is 1.54. The van der Waals surface area contributed by atoms with E-state index in [9.17, 15) is 14.7 Å². The first-order valence-corrected chi connectivity index (χ1v) is 6.47. The zero-order valence-electron chi connectivity index (χ0n) is 9.54. The van der Waals surface area contributed by atoms with E-state index in [2.05, 4.69) is 10.3 Å². The van der Waals surface area contributed by atoms with Crippen molar-refractivity contribution in [3.63, 3.8) is 0 Å². The highest BCUT2D eigenvalue weighted by Crippen LogP contribution is 2.24. The highest BCUT2D eigenvalue weighted by molar-refractivity contribution is 7.19. The van der Waals surface area contributed by atoms with Crippen molar-refractivity contribution in [3.8, 4) is 0 Å². The zero-order chi connectivity index (χ0) is 13.8. The molecule has 1 aromatic heterocycles. The first-order valence-electron chi connectivity index (χ1n) is 5.28. The normalized spacial score (nSPS) is 11.8. The number of benzene rings is 1. The summed E-state index contributed by atoms with van der Waals surface area (Å²) in [5.41, 5.74) is 0.412. The number of rotatable bonds is 4. The molecule has 5 nitrogen and oxygen atoms in total. The third kappa shape index (κ3) is 3.30. The summed E-state index contributed by atoms with van der Waals surface area (Å²) >= 11 is 6.76. The van der Waals surface area contributed by atoms with E-state index >= 15 is 0 Å². The summed E-state index contributed by atoms with van der Waals surface area (Å²) in [4.78, 5) is 27.1. The van der Waals surface area contributed by atoms with Crippen LogP contribution in [0.25, 0.3) is 0 Å². The second kappa shape index (κ2) is 5.81. The first-order chi connectivity index (χ1) is 9.08. The number of aromatic nitrogens is 1. The van der Waals surface area contributed by atoms with Crippen molar-refractivity contribution in [1.29, 1.82) is 0 Å². The standard InChI is InChI=1S/C12H9ClN2O3S/c13-8-6-14-12(19-8)15-10(16)9(11(17)18)7-4-2-1-3-5-7/h1-6,9H,(H,17,18)(H,14,15,16). The van der Waals surface area contributed by atoms with Gasteiger partial charge in [0.2, 0.25) is 5.91 Å². The maximum absolute atomic E-state index is 12.0. The van der Waals surface area contributed by atoms with Crippen LogP contribution in [0.1, 0.15) is 11.5 Å². The number of carbonyl (C=O) groups is 2. The van der Waals surface area contributed by atoms with Gasteiger partial charge in [-0.15, -0.1) is 0 Å². The van der Waals surface area contributed by atoms with E-state index in [0.717, 1.165) is 11.3 Å². The van der Waals surface area contributed by atoms with Gasteiger partial charge in [-0.25, -0.2) is 4.98 Å². The summed E-state index contributed by atoms with van der Waals surface area (Å²) in [6, 6.07) is 8.29. The summed E-state index contributed by atoms with van der Waals surface area (Å²) in [7, 11) is 0. The van der Waals surface area contributed by atoms with Crippen LogP contribution in [0.2, 0.25) is 4.34 Å². The topological polar surface area (TPSA) is 79.3 Å². The van der Waals surface area contributed by atoms with Gasteiger partial charge >= 0.3 is 5.97 Å². The number of carbonyl (C=O) groups excluding carboxylic acids is 1. The molecule has 2 rings (SSSR count). The van der Waals surface area contributed by atoms with Crippen LogP contribution in [0, 0.1) is 0 Å². The molecule has 1 heterocycles. The Kier molecular flexibility index (Phi) is 4.13. The minimum absolute atomic E-state index is 0.275. The van der Waals surface area contributed by atoms with Gasteiger partial charge in [-0.3, -0.25) is 9.59 Å². The van der Waals surface area contributed by atoms with Crippen molar-refractivity contribution in [3.05, 3.63) is 46.4 Å². The molecule has 98 valence electrons. The Labute approximate surface area is 117 Å². The number of carboxylic acid groups (broad SMARTS) is 1. The molecule has 0 aliphatic heterocycles.